The molecule has 1 aromatic heterocycles. The van der Waals surface area contributed by atoms with E-state index in [1.807, 2.05) is 37.3 Å². The molecule has 1 amide bonds. The highest BCUT2D eigenvalue weighted by Gasteiger charge is 2.13. The lowest BCUT2D eigenvalue weighted by atomic mass is 10.2. The number of hydrogen-bond donors (Lipinski definition) is 1. The molecule has 0 atom stereocenters. The number of halogens is 2. The van der Waals surface area contributed by atoms with Crippen molar-refractivity contribution < 1.29 is 13.6 Å². The summed E-state index contributed by atoms with van der Waals surface area (Å²) in [6, 6.07) is 14.4. The van der Waals surface area contributed by atoms with Crippen LogP contribution in [0.2, 0.25) is 0 Å². The van der Waals surface area contributed by atoms with Gasteiger partial charge in [-0.1, -0.05) is 37.3 Å². The summed E-state index contributed by atoms with van der Waals surface area (Å²) in [5, 5.41) is 6.88. The maximum atomic E-state index is 14.0. The van der Waals surface area contributed by atoms with E-state index in [9.17, 15) is 13.6 Å². The Kier molecular flexibility index (Phi) is 5.22. The number of benzene rings is 2. The molecule has 4 nitrogen and oxygen atoms in total. The molecule has 1 N–H and O–H groups in total. The molecule has 1 heterocycles. The summed E-state index contributed by atoms with van der Waals surface area (Å²) in [4.78, 5) is 12.1. The summed E-state index contributed by atoms with van der Waals surface area (Å²) in [5.74, 6) is -1.42. The summed E-state index contributed by atoms with van der Waals surface area (Å²) >= 11 is 0. The summed E-state index contributed by atoms with van der Waals surface area (Å²) in [6.45, 7) is 1.88. The van der Waals surface area contributed by atoms with Gasteiger partial charge in [0.05, 0.1) is 0 Å². The molecule has 6 heteroatoms. The molecule has 0 radical (unpaired) electrons. The molecule has 3 rings (SSSR count). The molecule has 132 valence electrons. The highest BCUT2D eigenvalue weighted by molar-refractivity contribution is 6.01. The van der Waals surface area contributed by atoms with E-state index in [1.54, 1.807) is 12.1 Å². The lowest BCUT2D eigenvalue weighted by Crippen LogP contribution is -2.09. The van der Waals surface area contributed by atoms with Gasteiger partial charge in [0, 0.05) is 23.9 Å². The number of anilines is 1. The second kappa shape index (κ2) is 7.74. The molecule has 0 aliphatic rings. The van der Waals surface area contributed by atoms with Crippen LogP contribution in [0.3, 0.4) is 0 Å². The number of carbonyl (C=O) groups excluding carboxylic acids is 1. The Morgan fingerprint density at radius 2 is 1.92 bits per heavy atom. The van der Waals surface area contributed by atoms with Crippen molar-refractivity contribution in [1.29, 1.82) is 0 Å². The van der Waals surface area contributed by atoms with Gasteiger partial charge in [0.2, 0.25) is 5.91 Å². The van der Waals surface area contributed by atoms with Gasteiger partial charge in [0.15, 0.2) is 11.6 Å². The molecule has 0 spiro atoms. The number of aryl methyl sites for hydroxylation is 1. The van der Waals surface area contributed by atoms with Gasteiger partial charge in [0.1, 0.15) is 11.5 Å². The van der Waals surface area contributed by atoms with E-state index in [-0.39, 0.29) is 11.6 Å². The summed E-state index contributed by atoms with van der Waals surface area (Å²) in [7, 11) is 0. The number of rotatable bonds is 5. The van der Waals surface area contributed by atoms with Gasteiger partial charge < -0.3 is 5.32 Å². The minimum Gasteiger partial charge on any atom is -0.306 e. The Hall–Kier alpha value is -3.28. The van der Waals surface area contributed by atoms with Gasteiger partial charge in [-0.3, -0.25) is 4.79 Å². The average molecular weight is 353 g/mol. The highest BCUT2D eigenvalue weighted by Crippen LogP contribution is 2.20. The Labute approximate surface area is 149 Å². The van der Waals surface area contributed by atoms with Crippen LogP contribution in [0, 0.1) is 11.6 Å². The number of nitrogens with zero attached hydrogens (tertiary/aromatic N) is 2. The monoisotopic (exact) mass is 353 g/mol. The molecule has 0 unspecified atom stereocenters. The molecule has 0 fully saturated rings. The number of hydrogen-bond acceptors (Lipinski definition) is 2. The van der Waals surface area contributed by atoms with Crippen LogP contribution in [0.4, 0.5) is 14.6 Å². The van der Waals surface area contributed by atoms with E-state index in [2.05, 4.69) is 10.4 Å². The minimum absolute atomic E-state index is 0.128. The summed E-state index contributed by atoms with van der Waals surface area (Å²) < 4.78 is 28.5. The molecule has 0 bridgehead atoms. The standard InChI is InChI=1S/C20H17F2N3O/c1-2-16-13-19(23-20(26)11-8-14-6-4-3-5-7-14)24-25(16)18-10-9-15(21)12-17(18)22/h3-13H,2H2,1H3,(H,23,24,26)/b11-8+. The molecule has 0 saturated carbocycles. The summed E-state index contributed by atoms with van der Waals surface area (Å²) in [6.07, 6.45) is 3.66. The van der Waals surface area contributed by atoms with Crippen molar-refractivity contribution in [2.24, 2.45) is 0 Å². The molecule has 0 aliphatic heterocycles. The first kappa shape index (κ1) is 17.5. The van der Waals surface area contributed by atoms with Gasteiger partial charge in [-0.25, -0.2) is 13.5 Å². The van der Waals surface area contributed by atoms with Crippen molar-refractivity contribution >= 4 is 17.8 Å². The Balaban J connectivity index is 1.80. The third-order valence-electron chi connectivity index (χ3n) is 3.76. The van der Waals surface area contributed by atoms with Gasteiger partial charge in [-0.2, -0.15) is 0 Å². The molecular weight excluding hydrogens is 336 g/mol. The maximum absolute atomic E-state index is 14.0. The van der Waals surface area contributed by atoms with E-state index in [0.29, 0.717) is 17.9 Å². The Morgan fingerprint density at radius 3 is 2.62 bits per heavy atom. The van der Waals surface area contributed by atoms with Crippen molar-refractivity contribution in [3.8, 4) is 5.69 Å². The normalized spacial score (nSPS) is 11.0. The number of aromatic nitrogens is 2. The zero-order valence-electron chi connectivity index (χ0n) is 14.1. The Bertz CT molecular complexity index is 949. The van der Waals surface area contributed by atoms with Crippen LogP contribution in [0.1, 0.15) is 18.2 Å². The van der Waals surface area contributed by atoms with Crippen LogP contribution >= 0.6 is 0 Å². The molecule has 2 aromatic carbocycles. The number of carbonyl (C=O) groups is 1. The van der Waals surface area contributed by atoms with E-state index >= 15 is 0 Å². The predicted octanol–water partition coefficient (Wildman–Crippen LogP) is 4.36. The summed E-state index contributed by atoms with van der Waals surface area (Å²) in [5.41, 5.74) is 1.72. The molecule has 0 aliphatic carbocycles. The van der Waals surface area contributed by atoms with E-state index in [4.69, 9.17) is 0 Å². The van der Waals surface area contributed by atoms with Crippen molar-refractivity contribution in [1.82, 2.24) is 9.78 Å². The lowest BCUT2D eigenvalue weighted by Gasteiger charge is -2.06. The van der Waals surface area contributed by atoms with Gasteiger partial charge >= 0.3 is 0 Å². The third-order valence-corrected chi connectivity index (χ3v) is 3.76. The molecule has 0 saturated heterocycles. The molecular formula is C20H17F2N3O. The lowest BCUT2D eigenvalue weighted by molar-refractivity contribution is -0.111. The fourth-order valence-electron chi connectivity index (χ4n) is 2.50. The first-order valence-electron chi connectivity index (χ1n) is 8.15. The first-order chi connectivity index (χ1) is 12.6. The van der Waals surface area contributed by atoms with Crippen LogP contribution in [-0.2, 0) is 11.2 Å². The van der Waals surface area contributed by atoms with Crippen LogP contribution in [0.5, 0.6) is 0 Å². The average Bonchev–Trinajstić information content (AvgIpc) is 3.03. The number of nitrogens with one attached hydrogen (secondary N) is 1. The maximum Gasteiger partial charge on any atom is 0.249 e. The quantitative estimate of drug-likeness (QED) is 0.693. The van der Waals surface area contributed by atoms with Crippen LogP contribution < -0.4 is 5.32 Å². The van der Waals surface area contributed by atoms with Gasteiger partial charge in [-0.05, 0) is 30.2 Å². The molecule has 3 aromatic rings. The zero-order valence-corrected chi connectivity index (χ0v) is 14.1. The van der Waals surface area contributed by atoms with Crippen molar-refractivity contribution in [3.63, 3.8) is 0 Å². The predicted molar refractivity (Wildman–Crippen MR) is 97.0 cm³/mol. The smallest absolute Gasteiger partial charge is 0.249 e. The Morgan fingerprint density at radius 1 is 1.15 bits per heavy atom. The van der Waals surface area contributed by atoms with Crippen molar-refractivity contribution in [2.75, 3.05) is 5.32 Å². The first-order valence-corrected chi connectivity index (χ1v) is 8.15. The van der Waals surface area contributed by atoms with Crippen molar-refractivity contribution in [2.45, 2.75) is 13.3 Å². The third kappa shape index (κ3) is 4.03. The fourth-order valence-corrected chi connectivity index (χ4v) is 2.50. The minimum atomic E-state index is -0.718. The largest absolute Gasteiger partial charge is 0.306 e. The van der Waals surface area contributed by atoms with Gasteiger partial charge in [-0.15, -0.1) is 5.10 Å². The van der Waals surface area contributed by atoms with Crippen LogP contribution in [-0.4, -0.2) is 15.7 Å². The van der Waals surface area contributed by atoms with Crippen LogP contribution in [0.15, 0.2) is 60.7 Å². The molecule has 26 heavy (non-hydrogen) atoms. The van der Waals surface area contributed by atoms with Gasteiger partial charge in [0.25, 0.3) is 0 Å². The fraction of sp³-hybridized carbons (Fsp3) is 0.100. The van der Waals surface area contributed by atoms with E-state index in [0.717, 1.165) is 11.6 Å². The SMILES string of the molecule is CCc1cc(NC(=O)/C=C/c2ccccc2)nn1-c1ccc(F)cc1F. The number of amides is 1. The van der Waals surface area contributed by atoms with E-state index < -0.39 is 11.6 Å². The van der Waals surface area contributed by atoms with E-state index in [1.165, 1.54) is 22.9 Å². The zero-order chi connectivity index (χ0) is 18.5. The van der Waals surface area contributed by atoms with Crippen molar-refractivity contribution in [3.05, 3.63) is 83.6 Å². The highest BCUT2D eigenvalue weighted by atomic mass is 19.1. The topological polar surface area (TPSA) is 46.9 Å². The van der Waals surface area contributed by atoms with Crippen LogP contribution in [0.25, 0.3) is 11.8 Å². The second-order valence-corrected chi connectivity index (χ2v) is 5.62. The second-order valence-electron chi connectivity index (χ2n) is 5.62.